The van der Waals surface area contributed by atoms with E-state index in [1.54, 1.807) is 7.11 Å². The van der Waals surface area contributed by atoms with Crippen LogP contribution in [0.4, 0.5) is 0 Å². The Hall–Kier alpha value is -3.21. The number of fused-ring (bicyclic) bond motifs is 1. The second kappa shape index (κ2) is 8.50. The van der Waals surface area contributed by atoms with Gasteiger partial charge in [0.2, 0.25) is 0 Å². The van der Waals surface area contributed by atoms with E-state index >= 15 is 0 Å². The highest BCUT2D eigenvalue weighted by molar-refractivity contribution is 6.12. The molecule has 5 nitrogen and oxygen atoms in total. The van der Waals surface area contributed by atoms with Gasteiger partial charge < -0.3 is 9.47 Å². The van der Waals surface area contributed by atoms with Crippen LogP contribution in [0.1, 0.15) is 48.3 Å². The standard InChI is InChI=1S/C26H27NO4/c1-15-5-7-18(8-6-15)24-23(26(29)31-4)16(2)27-21-13-19(14-22(28)25(21)24)17-9-11-20(30-3)12-10-17/h5-12,19,24-25H,13-14H2,1-4H3/t19-,24+,25?/m0/s1. The van der Waals surface area contributed by atoms with Crippen molar-refractivity contribution in [2.75, 3.05) is 14.2 Å². The quantitative estimate of drug-likeness (QED) is 0.674. The number of ether oxygens (including phenoxy) is 2. The van der Waals surface area contributed by atoms with Crippen LogP contribution in [0, 0.1) is 12.8 Å². The largest absolute Gasteiger partial charge is 0.497 e. The van der Waals surface area contributed by atoms with Crippen molar-refractivity contribution >= 4 is 17.5 Å². The molecule has 5 heteroatoms. The predicted octanol–water partition coefficient (Wildman–Crippen LogP) is 4.75. The van der Waals surface area contributed by atoms with Gasteiger partial charge in [-0.05, 0) is 49.4 Å². The Morgan fingerprint density at radius 2 is 1.55 bits per heavy atom. The summed E-state index contributed by atoms with van der Waals surface area (Å²) in [6, 6.07) is 15.9. The number of hydrogen-bond acceptors (Lipinski definition) is 5. The molecule has 0 bridgehead atoms. The van der Waals surface area contributed by atoms with Crippen LogP contribution >= 0.6 is 0 Å². The molecule has 1 unspecified atom stereocenters. The first-order valence-corrected chi connectivity index (χ1v) is 10.5. The summed E-state index contributed by atoms with van der Waals surface area (Å²) in [5, 5.41) is 0. The van der Waals surface area contributed by atoms with Crippen molar-refractivity contribution in [3.8, 4) is 5.75 Å². The minimum Gasteiger partial charge on any atom is -0.497 e. The summed E-state index contributed by atoms with van der Waals surface area (Å²) in [5.41, 5.74) is 5.14. The first-order chi connectivity index (χ1) is 14.9. The van der Waals surface area contributed by atoms with Crippen LogP contribution in [0.25, 0.3) is 0 Å². The van der Waals surface area contributed by atoms with E-state index in [9.17, 15) is 9.59 Å². The second-order valence-corrected chi connectivity index (χ2v) is 8.30. The average molecular weight is 418 g/mol. The van der Waals surface area contributed by atoms with Crippen LogP contribution in [0.2, 0.25) is 0 Å². The molecular weight excluding hydrogens is 390 g/mol. The van der Waals surface area contributed by atoms with Crippen molar-refractivity contribution in [1.29, 1.82) is 0 Å². The number of aliphatic imine (C=N–C) groups is 1. The van der Waals surface area contributed by atoms with Crippen LogP contribution in [-0.4, -0.2) is 31.7 Å². The van der Waals surface area contributed by atoms with E-state index in [1.165, 1.54) is 7.11 Å². The maximum atomic E-state index is 13.5. The van der Waals surface area contributed by atoms with E-state index in [1.807, 2.05) is 62.4 Å². The molecular formula is C26H27NO4. The Labute approximate surface area is 182 Å². The number of carbonyl (C=O) groups is 2. The van der Waals surface area contributed by atoms with Crippen molar-refractivity contribution in [2.24, 2.45) is 10.9 Å². The molecule has 0 aromatic heterocycles. The molecule has 1 fully saturated rings. The van der Waals surface area contributed by atoms with E-state index < -0.39 is 11.9 Å². The fraction of sp³-hybridized carbons (Fsp3) is 0.346. The zero-order valence-corrected chi connectivity index (χ0v) is 18.3. The number of methoxy groups -OCH3 is 2. The summed E-state index contributed by atoms with van der Waals surface area (Å²) in [6.45, 7) is 3.85. The van der Waals surface area contributed by atoms with Crippen LogP contribution in [-0.2, 0) is 14.3 Å². The Morgan fingerprint density at radius 3 is 2.16 bits per heavy atom. The minimum absolute atomic E-state index is 0.0690. The van der Waals surface area contributed by atoms with E-state index in [0.717, 1.165) is 28.2 Å². The lowest BCUT2D eigenvalue weighted by molar-refractivity contribution is -0.136. The van der Waals surface area contributed by atoms with Crippen LogP contribution in [0.15, 0.2) is 64.8 Å². The molecule has 2 aliphatic rings. The molecule has 1 saturated carbocycles. The van der Waals surface area contributed by atoms with Gasteiger partial charge in [0.05, 0.1) is 25.7 Å². The minimum atomic E-state index is -0.435. The molecule has 2 aromatic rings. The summed E-state index contributed by atoms with van der Waals surface area (Å²) < 4.78 is 10.3. The Bertz CT molecular complexity index is 1060. The zero-order valence-electron chi connectivity index (χ0n) is 18.3. The number of nitrogens with zero attached hydrogens (tertiary/aromatic N) is 1. The Balaban J connectivity index is 1.75. The van der Waals surface area contributed by atoms with Gasteiger partial charge in [0, 0.05) is 23.7 Å². The van der Waals surface area contributed by atoms with Crippen LogP contribution < -0.4 is 4.74 Å². The van der Waals surface area contributed by atoms with Crippen molar-refractivity contribution < 1.29 is 19.1 Å². The topological polar surface area (TPSA) is 65.0 Å². The number of ketones is 1. The molecule has 160 valence electrons. The van der Waals surface area contributed by atoms with Gasteiger partial charge in [0.25, 0.3) is 0 Å². The van der Waals surface area contributed by atoms with Crippen molar-refractivity contribution in [3.63, 3.8) is 0 Å². The summed E-state index contributed by atoms with van der Waals surface area (Å²) in [6.07, 6.45) is 1.11. The third-order valence-corrected chi connectivity index (χ3v) is 6.38. The van der Waals surface area contributed by atoms with Crippen molar-refractivity contribution in [2.45, 2.75) is 38.5 Å². The molecule has 31 heavy (non-hydrogen) atoms. The third-order valence-electron chi connectivity index (χ3n) is 6.38. The number of Topliss-reactive ketones (excluding diaryl/α,β-unsaturated/α-hetero) is 1. The lowest BCUT2D eigenvalue weighted by Gasteiger charge is -2.38. The van der Waals surface area contributed by atoms with Gasteiger partial charge in [0.15, 0.2) is 0 Å². The van der Waals surface area contributed by atoms with Gasteiger partial charge in [-0.2, -0.15) is 0 Å². The van der Waals surface area contributed by atoms with Crippen LogP contribution in [0.3, 0.4) is 0 Å². The van der Waals surface area contributed by atoms with E-state index in [2.05, 4.69) is 0 Å². The summed E-state index contributed by atoms with van der Waals surface area (Å²) in [7, 11) is 3.01. The van der Waals surface area contributed by atoms with Gasteiger partial charge in [-0.25, -0.2) is 4.79 Å². The molecule has 0 amide bonds. The van der Waals surface area contributed by atoms with Gasteiger partial charge in [0.1, 0.15) is 11.5 Å². The molecule has 3 atom stereocenters. The Kier molecular flexibility index (Phi) is 5.77. The van der Waals surface area contributed by atoms with Crippen molar-refractivity contribution in [3.05, 3.63) is 76.5 Å². The molecule has 1 aliphatic heterocycles. The van der Waals surface area contributed by atoms with E-state index in [0.29, 0.717) is 24.1 Å². The maximum absolute atomic E-state index is 13.5. The van der Waals surface area contributed by atoms with E-state index in [4.69, 9.17) is 14.5 Å². The lowest BCUT2D eigenvalue weighted by Crippen LogP contribution is -2.41. The molecule has 0 saturated heterocycles. The summed E-state index contributed by atoms with van der Waals surface area (Å²) >= 11 is 0. The van der Waals surface area contributed by atoms with Crippen molar-refractivity contribution in [1.82, 2.24) is 0 Å². The molecule has 0 radical (unpaired) electrons. The number of hydrogen-bond donors (Lipinski definition) is 0. The fourth-order valence-corrected chi connectivity index (χ4v) is 4.80. The number of carbonyl (C=O) groups excluding carboxylic acids is 2. The highest BCUT2D eigenvalue weighted by Crippen LogP contribution is 2.46. The van der Waals surface area contributed by atoms with E-state index in [-0.39, 0.29) is 17.6 Å². The maximum Gasteiger partial charge on any atom is 0.336 e. The normalized spacial score (nSPS) is 23.2. The monoisotopic (exact) mass is 417 g/mol. The number of rotatable bonds is 4. The SMILES string of the molecule is COC(=O)C1=C(C)N=C2C[C@H](c3ccc(OC)cc3)CC(=O)C2[C@@H]1c1ccc(C)cc1. The third kappa shape index (κ3) is 3.92. The molecule has 4 rings (SSSR count). The molecule has 1 heterocycles. The summed E-state index contributed by atoms with van der Waals surface area (Å²) in [5.74, 6) is -0.250. The van der Waals surface area contributed by atoms with Gasteiger partial charge in [-0.1, -0.05) is 42.0 Å². The highest BCUT2D eigenvalue weighted by atomic mass is 16.5. The predicted molar refractivity (Wildman–Crippen MR) is 120 cm³/mol. The first kappa shape index (κ1) is 21.0. The number of benzene rings is 2. The average Bonchev–Trinajstić information content (AvgIpc) is 2.78. The van der Waals surface area contributed by atoms with Gasteiger partial charge >= 0.3 is 5.97 Å². The fourth-order valence-electron chi connectivity index (χ4n) is 4.80. The Morgan fingerprint density at radius 1 is 0.903 bits per heavy atom. The lowest BCUT2D eigenvalue weighted by atomic mass is 9.66. The highest BCUT2D eigenvalue weighted by Gasteiger charge is 2.45. The number of esters is 1. The molecule has 2 aromatic carbocycles. The van der Waals surface area contributed by atoms with Gasteiger partial charge in [-0.3, -0.25) is 9.79 Å². The number of allylic oxidation sites excluding steroid dienone is 1. The van der Waals surface area contributed by atoms with Crippen LogP contribution in [0.5, 0.6) is 5.75 Å². The zero-order chi connectivity index (χ0) is 22.1. The first-order valence-electron chi connectivity index (χ1n) is 10.5. The van der Waals surface area contributed by atoms with Gasteiger partial charge in [-0.15, -0.1) is 0 Å². The smallest absolute Gasteiger partial charge is 0.336 e. The molecule has 1 aliphatic carbocycles. The summed E-state index contributed by atoms with van der Waals surface area (Å²) in [4.78, 5) is 30.9. The molecule has 0 spiro atoms. The number of aryl methyl sites for hydroxylation is 1. The molecule has 0 N–H and O–H groups in total. The second-order valence-electron chi connectivity index (χ2n) is 8.30.